The zero-order chi connectivity index (χ0) is 16.7. The molecule has 0 fully saturated rings. The molecule has 124 valence electrons. The van der Waals surface area contributed by atoms with Crippen molar-refractivity contribution in [1.82, 2.24) is 20.6 Å². The molecule has 0 saturated heterocycles. The SMILES string of the molecule is CN=C(NCCc1ccc(Cl)nc1)NCCc1sc(C)nc1C. The summed E-state index contributed by atoms with van der Waals surface area (Å²) in [5, 5.41) is 8.28. The average Bonchev–Trinajstić information content (AvgIpc) is 2.85. The Morgan fingerprint density at radius 3 is 2.52 bits per heavy atom. The third-order valence-electron chi connectivity index (χ3n) is 3.36. The molecule has 2 aromatic rings. The topological polar surface area (TPSA) is 62.2 Å². The van der Waals surface area contributed by atoms with Crippen molar-refractivity contribution in [3.8, 4) is 0 Å². The van der Waals surface area contributed by atoms with E-state index in [1.54, 1.807) is 24.6 Å². The van der Waals surface area contributed by atoms with Crippen LogP contribution in [-0.2, 0) is 12.8 Å². The van der Waals surface area contributed by atoms with Crippen molar-refractivity contribution < 1.29 is 0 Å². The van der Waals surface area contributed by atoms with E-state index in [2.05, 4.69) is 32.5 Å². The summed E-state index contributed by atoms with van der Waals surface area (Å²) in [4.78, 5) is 14.1. The molecule has 2 rings (SSSR count). The highest BCUT2D eigenvalue weighted by Gasteiger charge is 2.05. The van der Waals surface area contributed by atoms with Gasteiger partial charge in [0.05, 0.1) is 10.7 Å². The van der Waals surface area contributed by atoms with Gasteiger partial charge in [-0.05, 0) is 31.9 Å². The molecule has 0 saturated carbocycles. The van der Waals surface area contributed by atoms with Gasteiger partial charge in [-0.3, -0.25) is 4.99 Å². The van der Waals surface area contributed by atoms with Crippen molar-refractivity contribution in [1.29, 1.82) is 0 Å². The van der Waals surface area contributed by atoms with Crippen molar-refractivity contribution in [2.45, 2.75) is 26.7 Å². The molecule has 0 bridgehead atoms. The van der Waals surface area contributed by atoms with Crippen molar-refractivity contribution in [2.24, 2.45) is 4.99 Å². The van der Waals surface area contributed by atoms with Gasteiger partial charge in [0, 0.05) is 37.6 Å². The highest BCUT2D eigenvalue weighted by molar-refractivity contribution is 7.11. The Morgan fingerprint density at radius 1 is 1.22 bits per heavy atom. The van der Waals surface area contributed by atoms with E-state index in [1.807, 2.05) is 19.1 Å². The first-order chi connectivity index (χ1) is 11.1. The maximum atomic E-state index is 5.78. The number of guanidine groups is 1. The van der Waals surface area contributed by atoms with Crippen LogP contribution in [0.1, 0.15) is 21.1 Å². The van der Waals surface area contributed by atoms with Crippen LogP contribution in [0.5, 0.6) is 0 Å². The number of thiazole rings is 1. The molecule has 5 nitrogen and oxygen atoms in total. The predicted octanol–water partition coefficient (Wildman–Crippen LogP) is 2.76. The first-order valence-corrected chi connectivity index (χ1v) is 8.76. The highest BCUT2D eigenvalue weighted by atomic mass is 35.5. The lowest BCUT2D eigenvalue weighted by Crippen LogP contribution is -2.39. The number of halogens is 1. The van der Waals surface area contributed by atoms with E-state index in [9.17, 15) is 0 Å². The minimum atomic E-state index is 0.521. The number of aryl methyl sites for hydroxylation is 2. The number of nitrogens with zero attached hydrogens (tertiary/aromatic N) is 3. The normalized spacial score (nSPS) is 11.6. The number of pyridine rings is 1. The number of hydrogen-bond acceptors (Lipinski definition) is 4. The average molecular weight is 352 g/mol. The summed E-state index contributed by atoms with van der Waals surface area (Å²) in [5.74, 6) is 0.811. The predicted molar refractivity (Wildman–Crippen MR) is 97.6 cm³/mol. The number of nitrogens with one attached hydrogen (secondary N) is 2. The number of hydrogen-bond donors (Lipinski definition) is 2. The van der Waals surface area contributed by atoms with Crippen molar-refractivity contribution >= 4 is 28.9 Å². The minimum Gasteiger partial charge on any atom is -0.356 e. The summed E-state index contributed by atoms with van der Waals surface area (Å²) < 4.78 is 0. The van der Waals surface area contributed by atoms with Gasteiger partial charge in [0.1, 0.15) is 5.15 Å². The lowest BCUT2D eigenvalue weighted by molar-refractivity contribution is 0.784. The molecule has 0 aliphatic rings. The second-order valence-electron chi connectivity index (χ2n) is 5.16. The van der Waals surface area contributed by atoms with Gasteiger partial charge < -0.3 is 10.6 Å². The van der Waals surface area contributed by atoms with Gasteiger partial charge in [-0.1, -0.05) is 17.7 Å². The lowest BCUT2D eigenvalue weighted by Gasteiger charge is -2.11. The third-order valence-corrected chi connectivity index (χ3v) is 4.72. The van der Waals surface area contributed by atoms with E-state index in [4.69, 9.17) is 11.6 Å². The molecule has 0 amide bonds. The summed E-state index contributed by atoms with van der Waals surface area (Å²) in [6.07, 6.45) is 3.63. The van der Waals surface area contributed by atoms with Gasteiger partial charge in [0.25, 0.3) is 0 Å². The molecule has 0 aromatic carbocycles. The van der Waals surface area contributed by atoms with Crippen molar-refractivity contribution in [2.75, 3.05) is 20.1 Å². The van der Waals surface area contributed by atoms with Crippen LogP contribution in [0, 0.1) is 13.8 Å². The summed E-state index contributed by atoms with van der Waals surface area (Å²) in [6.45, 7) is 5.74. The van der Waals surface area contributed by atoms with Gasteiger partial charge in [-0.25, -0.2) is 9.97 Å². The Balaban J connectivity index is 1.71. The minimum absolute atomic E-state index is 0.521. The van der Waals surface area contributed by atoms with Crippen LogP contribution in [0.3, 0.4) is 0 Å². The molecule has 23 heavy (non-hydrogen) atoms. The first kappa shape index (κ1) is 17.7. The van der Waals surface area contributed by atoms with Crippen LogP contribution >= 0.6 is 22.9 Å². The van der Waals surface area contributed by atoms with E-state index in [-0.39, 0.29) is 0 Å². The van der Waals surface area contributed by atoms with Gasteiger partial charge in [0.15, 0.2) is 5.96 Å². The molecule has 0 spiro atoms. The van der Waals surface area contributed by atoms with Crippen LogP contribution in [0.25, 0.3) is 0 Å². The quantitative estimate of drug-likeness (QED) is 0.477. The van der Waals surface area contributed by atoms with Crippen molar-refractivity contribution in [3.63, 3.8) is 0 Å². The fourth-order valence-electron chi connectivity index (χ4n) is 2.20. The van der Waals surface area contributed by atoms with Crippen LogP contribution in [-0.4, -0.2) is 36.1 Å². The Hall–Kier alpha value is -1.66. The molecule has 7 heteroatoms. The van der Waals surface area contributed by atoms with Gasteiger partial charge in [-0.2, -0.15) is 0 Å². The molecule has 2 heterocycles. The molecule has 0 aliphatic carbocycles. The second kappa shape index (κ2) is 8.84. The number of rotatable bonds is 6. The zero-order valence-electron chi connectivity index (χ0n) is 13.7. The Bertz CT molecular complexity index is 651. The van der Waals surface area contributed by atoms with E-state index in [0.29, 0.717) is 5.15 Å². The Labute approximate surface area is 146 Å². The fraction of sp³-hybridized carbons (Fsp3) is 0.438. The van der Waals surface area contributed by atoms with Crippen molar-refractivity contribution in [3.05, 3.63) is 44.6 Å². The number of aromatic nitrogens is 2. The Morgan fingerprint density at radius 2 is 1.96 bits per heavy atom. The van der Waals surface area contributed by atoms with Crippen LogP contribution in [0.2, 0.25) is 5.15 Å². The van der Waals surface area contributed by atoms with Gasteiger partial charge in [0.2, 0.25) is 0 Å². The zero-order valence-corrected chi connectivity index (χ0v) is 15.3. The number of aliphatic imine (C=N–C) groups is 1. The van der Waals surface area contributed by atoms with E-state index in [1.165, 1.54) is 4.88 Å². The fourth-order valence-corrected chi connectivity index (χ4v) is 3.25. The molecule has 0 unspecified atom stereocenters. The summed E-state index contributed by atoms with van der Waals surface area (Å²) in [6, 6.07) is 3.80. The summed E-state index contributed by atoms with van der Waals surface area (Å²) >= 11 is 7.54. The molecule has 0 radical (unpaired) electrons. The standard InChI is InChI=1S/C16H22ClN5S/c1-11-14(23-12(2)22-11)7-9-20-16(18-3)19-8-6-13-4-5-15(17)21-10-13/h4-5,10H,6-9H2,1-3H3,(H2,18,19,20). The lowest BCUT2D eigenvalue weighted by atomic mass is 10.2. The van der Waals surface area contributed by atoms with E-state index in [0.717, 1.165) is 48.2 Å². The summed E-state index contributed by atoms with van der Waals surface area (Å²) in [5.41, 5.74) is 2.28. The summed E-state index contributed by atoms with van der Waals surface area (Å²) in [7, 11) is 1.78. The first-order valence-electron chi connectivity index (χ1n) is 7.56. The van der Waals surface area contributed by atoms with E-state index >= 15 is 0 Å². The van der Waals surface area contributed by atoms with Crippen LogP contribution < -0.4 is 10.6 Å². The maximum Gasteiger partial charge on any atom is 0.190 e. The second-order valence-corrected chi connectivity index (χ2v) is 6.83. The highest BCUT2D eigenvalue weighted by Crippen LogP contribution is 2.16. The molecule has 0 atom stereocenters. The largest absolute Gasteiger partial charge is 0.356 e. The molecule has 2 aromatic heterocycles. The van der Waals surface area contributed by atoms with Crippen LogP contribution in [0.4, 0.5) is 0 Å². The van der Waals surface area contributed by atoms with Crippen LogP contribution in [0.15, 0.2) is 23.3 Å². The molecular formula is C16H22ClN5S. The van der Waals surface area contributed by atoms with E-state index < -0.39 is 0 Å². The molecule has 2 N–H and O–H groups in total. The molecular weight excluding hydrogens is 330 g/mol. The smallest absolute Gasteiger partial charge is 0.190 e. The Kier molecular flexibility index (Phi) is 6.80. The third kappa shape index (κ3) is 5.80. The molecule has 0 aliphatic heterocycles. The monoisotopic (exact) mass is 351 g/mol. The maximum absolute atomic E-state index is 5.78. The van der Waals surface area contributed by atoms with Gasteiger partial charge >= 0.3 is 0 Å². The van der Waals surface area contributed by atoms with Gasteiger partial charge in [-0.15, -0.1) is 11.3 Å².